The van der Waals surface area contributed by atoms with E-state index in [-0.39, 0.29) is 17.6 Å². The molecule has 1 aromatic rings. The van der Waals surface area contributed by atoms with Crippen LogP contribution in [0.3, 0.4) is 0 Å². The van der Waals surface area contributed by atoms with Crippen molar-refractivity contribution in [3.8, 4) is 11.5 Å². The van der Waals surface area contributed by atoms with Gasteiger partial charge in [0.2, 0.25) is 5.91 Å². The molecule has 1 aromatic carbocycles. The summed E-state index contributed by atoms with van der Waals surface area (Å²) in [4.78, 5) is 11.3. The maximum absolute atomic E-state index is 11.3. The number of methoxy groups -OCH3 is 1. The molecular formula is C12H14N2O3. The van der Waals surface area contributed by atoms with Crippen LogP contribution in [0.1, 0.15) is 18.4 Å². The summed E-state index contributed by atoms with van der Waals surface area (Å²) in [6.07, 6.45) is 3.38. The molecule has 17 heavy (non-hydrogen) atoms. The third-order valence-corrected chi connectivity index (χ3v) is 2.54. The summed E-state index contributed by atoms with van der Waals surface area (Å²) in [6.45, 7) is 0. The first-order chi connectivity index (χ1) is 8.20. The number of phenolic OH excluding ortho intramolecular Hbond substituents is 1. The molecule has 0 bridgehead atoms. The van der Waals surface area contributed by atoms with Crippen molar-refractivity contribution >= 4 is 12.1 Å². The van der Waals surface area contributed by atoms with E-state index in [2.05, 4.69) is 10.5 Å². The molecule has 1 aliphatic carbocycles. The molecule has 0 aliphatic heterocycles. The number of rotatable bonds is 4. The van der Waals surface area contributed by atoms with Crippen molar-refractivity contribution in [1.82, 2.24) is 5.43 Å². The summed E-state index contributed by atoms with van der Waals surface area (Å²) in [5.74, 6) is 0.546. The quantitative estimate of drug-likeness (QED) is 0.608. The number of hydrazone groups is 1. The van der Waals surface area contributed by atoms with E-state index >= 15 is 0 Å². The van der Waals surface area contributed by atoms with Crippen molar-refractivity contribution in [3.63, 3.8) is 0 Å². The lowest BCUT2D eigenvalue weighted by Gasteiger charge is -2.03. The molecule has 1 aliphatic rings. The molecule has 5 nitrogen and oxygen atoms in total. The van der Waals surface area contributed by atoms with Crippen LogP contribution in [-0.2, 0) is 4.79 Å². The minimum atomic E-state index is -0.0426. The van der Waals surface area contributed by atoms with Crippen LogP contribution >= 0.6 is 0 Å². The number of phenols is 1. The summed E-state index contributed by atoms with van der Waals surface area (Å²) in [7, 11) is 1.48. The van der Waals surface area contributed by atoms with Crippen LogP contribution in [0.15, 0.2) is 23.3 Å². The Morgan fingerprint density at radius 2 is 2.35 bits per heavy atom. The third-order valence-electron chi connectivity index (χ3n) is 2.54. The van der Waals surface area contributed by atoms with E-state index in [1.54, 1.807) is 12.1 Å². The van der Waals surface area contributed by atoms with Gasteiger partial charge in [-0.2, -0.15) is 5.10 Å². The number of ether oxygens (including phenoxy) is 1. The van der Waals surface area contributed by atoms with E-state index in [0.717, 1.165) is 12.8 Å². The van der Waals surface area contributed by atoms with Gasteiger partial charge < -0.3 is 9.84 Å². The van der Waals surface area contributed by atoms with Crippen molar-refractivity contribution < 1.29 is 14.6 Å². The molecule has 0 atom stereocenters. The number of carbonyl (C=O) groups excluding carboxylic acids is 1. The van der Waals surface area contributed by atoms with E-state index in [1.807, 2.05) is 0 Å². The van der Waals surface area contributed by atoms with Gasteiger partial charge >= 0.3 is 0 Å². The first-order valence-electron chi connectivity index (χ1n) is 5.40. The van der Waals surface area contributed by atoms with Gasteiger partial charge in [0.25, 0.3) is 0 Å². The Kier molecular flexibility index (Phi) is 3.27. The van der Waals surface area contributed by atoms with Gasteiger partial charge in [-0.3, -0.25) is 4.79 Å². The standard InChI is InChI=1S/C12H14N2O3/c1-17-11-5-2-8(6-10(11)15)7-13-14-12(16)9-3-4-9/h2,5-7,9,15H,3-4H2,1H3,(H,14,16)/b13-7+. The largest absolute Gasteiger partial charge is 0.504 e. The molecule has 0 radical (unpaired) electrons. The number of aromatic hydroxyl groups is 1. The Balaban J connectivity index is 1.95. The molecule has 0 aromatic heterocycles. The smallest absolute Gasteiger partial charge is 0.243 e. The fourth-order valence-corrected chi connectivity index (χ4v) is 1.39. The Bertz CT molecular complexity index is 453. The van der Waals surface area contributed by atoms with E-state index in [4.69, 9.17) is 4.74 Å². The first kappa shape index (κ1) is 11.4. The third kappa shape index (κ3) is 2.96. The summed E-state index contributed by atoms with van der Waals surface area (Å²) >= 11 is 0. The Hall–Kier alpha value is -2.04. The zero-order chi connectivity index (χ0) is 12.3. The number of nitrogens with one attached hydrogen (secondary N) is 1. The SMILES string of the molecule is COc1ccc(/C=N/NC(=O)C2CC2)cc1O. The van der Waals surface area contributed by atoms with Crippen molar-refractivity contribution in [2.75, 3.05) is 7.11 Å². The predicted molar refractivity (Wildman–Crippen MR) is 63.1 cm³/mol. The molecule has 1 fully saturated rings. The first-order valence-corrected chi connectivity index (χ1v) is 5.40. The van der Waals surface area contributed by atoms with Gasteiger partial charge in [-0.1, -0.05) is 0 Å². The van der Waals surface area contributed by atoms with Crippen LogP contribution < -0.4 is 10.2 Å². The second-order valence-electron chi connectivity index (χ2n) is 3.94. The predicted octanol–water partition coefficient (Wildman–Crippen LogP) is 1.26. The van der Waals surface area contributed by atoms with Crippen LogP contribution in [0.5, 0.6) is 11.5 Å². The lowest BCUT2D eigenvalue weighted by atomic mass is 10.2. The second kappa shape index (κ2) is 4.86. The number of hydrogen-bond acceptors (Lipinski definition) is 4. The van der Waals surface area contributed by atoms with Crippen molar-refractivity contribution in [1.29, 1.82) is 0 Å². The molecule has 1 saturated carbocycles. The van der Waals surface area contributed by atoms with Crippen LogP contribution in [0.4, 0.5) is 0 Å². The average Bonchev–Trinajstić information content (AvgIpc) is 3.13. The Labute approximate surface area is 99.1 Å². The van der Waals surface area contributed by atoms with E-state index in [0.29, 0.717) is 11.3 Å². The molecule has 0 unspecified atom stereocenters. The highest BCUT2D eigenvalue weighted by molar-refractivity contribution is 5.84. The van der Waals surface area contributed by atoms with Crippen molar-refractivity contribution in [3.05, 3.63) is 23.8 Å². The van der Waals surface area contributed by atoms with Crippen LogP contribution in [-0.4, -0.2) is 24.3 Å². The fraction of sp³-hybridized carbons (Fsp3) is 0.333. The maximum atomic E-state index is 11.3. The Morgan fingerprint density at radius 1 is 1.59 bits per heavy atom. The zero-order valence-corrected chi connectivity index (χ0v) is 9.51. The number of hydrogen-bond donors (Lipinski definition) is 2. The number of benzene rings is 1. The van der Waals surface area contributed by atoms with Gasteiger partial charge in [-0.25, -0.2) is 5.43 Å². The van der Waals surface area contributed by atoms with Gasteiger partial charge in [0.15, 0.2) is 11.5 Å². The van der Waals surface area contributed by atoms with Gasteiger partial charge in [0, 0.05) is 5.92 Å². The molecule has 2 N–H and O–H groups in total. The van der Waals surface area contributed by atoms with Crippen LogP contribution in [0.25, 0.3) is 0 Å². The van der Waals surface area contributed by atoms with Gasteiger partial charge in [-0.15, -0.1) is 0 Å². The summed E-state index contributed by atoms with van der Waals surface area (Å²) in [5, 5.41) is 13.3. The highest BCUT2D eigenvalue weighted by atomic mass is 16.5. The lowest BCUT2D eigenvalue weighted by Crippen LogP contribution is -2.18. The topological polar surface area (TPSA) is 70.9 Å². The summed E-state index contributed by atoms with van der Waals surface area (Å²) in [6, 6.07) is 4.90. The monoisotopic (exact) mass is 234 g/mol. The maximum Gasteiger partial charge on any atom is 0.243 e. The van der Waals surface area contributed by atoms with Gasteiger partial charge in [0.1, 0.15) is 0 Å². The number of amides is 1. The van der Waals surface area contributed by atoms with E-state index in [9.17, 15) is 9.90 Å². The molecular weight excluding hydrogens is 220 g/mol. The normalized spacial score (nSPS) is 14.9. The van der Waals surface area contributed by atoms with Gasteiger partial charge in [-0.05, 0) is 36.6 Å². The molecule has 1 amide bonds. The highest BCUT2D eigenvalue weighted by Crippen LogP contribution is 2.28. The second-order valence-corrected chi connectivity index (χ2v) is 3.94. The number of nitrogens with zero attached hydrogens (tertiary/aromatic N) is 1. The van der Waals surface area contributed by atoms with Crippen LogP contribution in [0, 0.1) is 5.92 Å². The van der Waals surface area contributed by atoms with Crippen molar-refractivity contribution in [2.45, 2.75) is 12.8 Å². The molecule has 0 saturated heterocycles. The molecule has 5 heteroatoms. The molecule has 0 heterocycles. The van der Waals surface area contributed by atoms with Gasteiger partial charge in [0.05, 0.1) is 13.3 Å². The minimum Gasteiger partial charge on any atom is -0.504 e. The molecule has 2 rings (SSSR count). The molecule has 0 spiro atoms. The Morgan fingerprint density at radius 3 is 2.94 bits per heavy atom. The lowest BCUT2D eigenvalue weighted by molar-refractivity contribution is -0.122. The zero-order valence-electron chi connectivity index (χ0n) is 9.51. The van der Waals surface area contributed by atoms with E-state index in [1.165, 1.54) is 19.4 Å². The summed E-state index contributed by atoms with van der Waals surface area (Å²) < 4.78 is 4.92. The van der Waals surface area contributed by atoms with Crippen LogP contribution in [0.2, 0.25) is 0 Å². The molecule has 90 valence electrons. The van der Waals surface area contributed by atoms with E-state index < -0.39 is 0 Å². The average molecular weight is 234 g/mol. The highest BCUT2D eigenvalue weighted by Gasteiger charge is 2.29. The summed E-state index contributed by atoms with van der Waals surface area (Å²) in [5.41, 5.74) is 3.15. The number of carbonyl (C=O) groups is 1. The van der Waals surface area contributed by atoms with Crippen molar-refractivity contribution in [2.24, 2.45) is 11.0 Å². The fourth-order valence-electron chi connectivity index (χ4n) is 1.39. The minimum absolute atomic E-state index is 0.0426.